The van der Waals surface area contributed by atoms with E-state index in [1.165, 1.54) is 0 Å². The molecule has 0 aromatic rings. The number of carbonyl (C=O) groups excluding carboxylic acids is 1. The highest BCUT2D eigenvalue weighted by molar-refractivity contribution is 9.10. The summed E-state index contributed by atoms with van der Waals surface area (Å²) >= 11 is 3.38. The fourth-order valence-corrected chi connectivity index (χ4v) is 3.62. The number of alkyl halides is 1. The minimum atomic E-state index is -1.89. The van der Waals surface area contributed by atoms with Crippen molar-refractivity contribution in [1.29, 1.82) is 0 Å². The number of rotatable bonds is 9. The Morgan fingerprint density at radius 1 is 1.22 bits per heavy atom. The maximum absolute atomic E-state index is 12.1. The van der Waals surface area contributed by atoms with Gasteiger partial charge < -0.3 is 14.3 Å². The Morgan fingerprint density at radius 2 is 1.74 bits per heavy atom. The molecule has 0 amide bonds. The number of hydrogen-bond acceptors (Lipinski definition) is 4. The van der Waals surface area contributed by atoms with Gasteiger partial charge in [0.25, 0.3) is 0 Å². The summed E-state index contributed by atoms with van der Waals surface area (Å²) in [7, 11) is -1.89. The van der Waals surface area contributed by atoms with Crippen molar-refractivity contribution in [3.8, 4) is 0 Å². The summed E-state index contributed by atoms with van der Waals surface area (Å²) in [6.45, 7) is 17.2. The van der Waals surface area contributed by atoms with Crippen LogP contribution in [0.15, 0.2) is 0 Å². The smallest absolute Gasteiger partial charge is 0.325 e. The molecule has 138 valence electrons. The zero-order valence-corrected chi connectivity index (χ0v) is 18.6. The zero-order chi connectivity index (χ0) is 18.5. The molecule has 6 heteroatoms. The highest BCUT2D eigenvalue weighted by Gasteiger charge is 2.45. The standard InChI is InChI=1S/C17H35BrO4Si/c1-9-11-13(12-22-23(7,8)16(3,4)5)14(19)17(6,18)15(20)21-10-2/h13-14,19H,9-12H2,1-8H3/t13-,14+,17-/m1/s1. The number of carbonyl (C=O) groups is 1. The van der Waals surface area contributed by atoms with Crippen LogP contribution in [0.4, 0.5) is 0 Å². The van der Waals surface area contributed by atoms with Gasteiger partial charge in [-0.1, -0.05) is 50.0 Å². The summed E-state index contributed by atoms with van der Waals surface area (Å²) in [4.78, 5) is 12.1. The normalized spacial score (nSPS) is 18.2. The maximum Gasteiger partial charge on any atom is 0.325 e. The molecule has 0 spiro atoms. The number of halogens is 1. The predicted molar refractivity (Wildman–Crippen MR) is 102 cm³/mol. The van der Waals surface area contributed by atoms with Crippen LogP contribution in [0, 0.1) is 5.92 Å². The molecule has 0 saturated heterocycles. The van der Waals surface area contributed by atoms with Gasteiger partial charge in [-0.05, 0) is 38.4 Å². The molecule has 23 heavy (non-hydrogen) atoms. The van der Waals surface area contributed by atoms with E-state index in [2.05, 4.69) is 56.7 Å². The first-order valence-corrected chi connectivity index (χ1v) is 12.2. The third-order valence-electron chi connectivity index (χ3n) is 4.80. The topological polar surface area (TPSA) is 55.8 Å². The van der Waals surface area contributed by atoms with Crippen molar-refractivity contribution in [3.63, 3.8) is 0 Å². The number of ether oxygens (including phenoxy) is 1. The summed E-state index contributed by atoms with van der Waals surface area (Å²) in [5.41, 5.74) is 0. The Morgan fingerprint density at radius 3 is 2.13 bits per heavy atom. The molecule has 0 saturated carbocycles. The second kappa shape index (κ2) is 8.97. The molecule has 0 heterocycles. The molecule has 4 nitrogen and oxygen atoms in total. The lowest BCUT2D eigenvalue weighted by atomic mass is 9.89. The number of hydrogen-bond donors (Lipinski definition) is 1. The van der Waals surface area contributed by atoms with Crippen LogP contribution in [0.5, 0.6) is 0 Å². The monoisotopic (exact) mass is 410 g/mol. The Bertz CT molecular complexity index is 377. The van der Waals surface area contributed by atoms with Crippen LogP contribution in [0.1, 0.15) is 54.4 Å². The van der Waals surface area contributed by atoms with Crippen LogP contribution in [0.3, 0.4) is 0 Å². The first-order valence-electron chi connectivity index (χ1n) is 8.49. The third-order valence-corrected chi connectivity index (χ3v) is 10.1. The van der Waals surface area contributed by atoms with E-state index in [1.54, 1.807) is 13.8 Å². The molecule has 0 aliphatic heterocycles. The molecular formula is C17H35BrO4Si. The molecule has 0 rings (SSSR count). The van der Waals surface area contributed by atoms with Gasteiger partial charge in [0.2, 0.25) is 0 Å². The molecule has 0 fully saturated rings. The van der Waals surface area contributed by atoms with Crippen molar-refractivity contribution in [2.45, 2.75) is 82.9 Å². The van der Waals surface area contributed by atoms with E-state index < -0.39 is 24.7 Å². The Labute approximate surface area is 151 Å². The summed E-state index contributed by atoms with van der Waals surface area (Å²) < 4.78 is 10.2. The number of aliphatic hydroxyl groups excluding tert-OH is 1. The third kappa shape index (κ3) is 6.48. The summed E-state index contributed by atoms with van der Waals surface area (Å²) in [6.07, 6.45) is 0.872. The van der Waals surface area contributed by atoms with E-state index in [9.17, 15) is 9.90 Å². The second-order valence-corrected chi connectivity index (χ2v) is 14.3. The predicted octanol–water partition coefficient (Wildman–Crippen LogP) is 4.50. The van der Waals surface area contributed by atoms with Crippen molar-refractivity contribution in [1.82, 2.24) is 0 Å². The molecule has 3 atom stereocenters. The van der Waals surface area contributed by atoms with Crippen molar-refractivity contribution in [2.24, 2.45) is 5.92 Å². The number of esters is 1. The minimum absolute atomic E-state index is 0.108. The van der Waals surface area contributed by atoms with E-state index in [0.29, 0.717) is 13.2 Å². The van der Waals surface area contributed by atoms with Gasteiger partial charge in [0, 0.05) is 12.5 Å². The Kier molecular flexibility index (Phi) is 9.01. The molecule has 0 bridgehead atoms. The molecule has 0 aliphatic carbocycles. The fraction of sp³-hybridized carbons (Fsp3) is 0.941. The molecule has 0 aromatic heterocycles. The van der Waals surface area contributed by atoms with E-state index in [0.717, 1.165) is 12.8 Å². The van der Waals surface area contributed by atoms with Gasteiger partial charge in [0.05, 0.1) is 12.7 Å². The van der Waals surface area contributed by atoms with Gasteiger partial charge in [-0.25, -0.2) is 0 Å². The van der Waals surface area contributed by atoms with Crippen molar-refractivity contribution in [3.05, 3.63) is 0 Å². The lowest BCUT2D eigenvalue weighted by Gasteiger charge is -2.39. The lowest BCUT2D eigenvalue weighted by Crippen LogP contribution is -2.49. The molecule has 0 aromatic carbocycles. The SMILES string of the molecule is CCC[C@H](CO[Si](C)(C)C(C)(C)C)[C@H](O)[C@@](C)(Br)C(=O)OCC. The van der Waals surface area contributed by atoms with Gasteiger partial charge in [0.15, 0.2) is 8.32 Å². The largest absolute Gasteiger partial charge is 0.465 e. The molecular weight excluding hydrogens is 376 g/mol. The summed E-state index contributed by atoms with van der Waals surface area (Å²) in [5, 5.41) is 10.9. The maximum atomic E-state index is 12.1. The zero-order valence-electron chi connectivity index (χ0n) is 16.0. The van der Waals surface area contributed by atoms with E-state index >= 15 is 0 Å². The molecule has 0 aliphatic rings. The summed E-state index contributed by atoms with van der Waals surface area (Å²) in [5.74, 6) is -0.538. The highest BCUT2D eigenvalue weighted by Crippen LogP contribution is 2.38. The van der Waals surface area contributed by atoms with Gasteiger partial charge in [0.1, 0.15) is 4.32 Å². The Hall–Kier alpha value is 0.0869. The fourth-order valence-electron chi connectivity index (χ4n) is 2.07. The van der Waals surface area contributed by atoms with Gasteiger partial charge in [-0.2, -0.15) is 0 Å². The highest BCUT2D eigenvalue weighted by atomic mass is 79.9. The van der Waals surface area contributed by atoms with Crippen molar-refractivity contribution >= 4 is 30.2 Å². The Balaban J connectivity index is 5.07. The van der Waals surface area contributed by atoms with Gasteiger partial charge in [-0.15, -0.1) is 0 Å². The van der Waals surface area contributed by atoms with Crippen LogP contribution in [-0.2, 0) is 14.0 Å². The van der Waals surface area contributed by atoms with Crippen LogP contribution < -0.4 is 0 Å². The van der Waals surface area contributed by atoms with E-state index in [1.807, 2.05) is 0 Å². The van der Waals surface area contributed by atoms with Crippen LogP contribution in [-0.4, -0.2) is 43.0 Å². The van der Waals surface area contributed by atoms with Crippen molar-refractivity contribution in [2.75, 3.05) is 13.2 Å². The van der Waals surface area contributed by atoms with Crippen LogP contribution >= 0.6 is 15.9 Å². The first kappa shape index (κ1) is 23.1. The molecule has 1 N–H and O–H groups in total. The molecule has 0 unspecified atom stereocenters. The quantitative estimate of drug-likeness (QED) is 0.345. The van der Waals surface area contributed by atoms with Gasteiger partial charge in [-0.3, -0.25) is 4.79 Å². The molecule has 0 radical (unpaired) electrons. The van der Waals surface area contributed by atoms with E-state index in [-0.39, 0.29) is 11.0 Å². The minimum Gasteiger partial charge on any atom is -0.465 e. The first-order chi connectivity index (χ1) is 10.3. The van der Waals surface area contributed by atoms with Crippen molar-refractivity contribution < 1.29 is 19.1 Å². The lowest BCUT2D eigenvalue weighted by molar-refractivity contribution is -0.149. The van der Waals surface area contributed by atoms with Crippen LogP contribution in [0.2, 0.25) is 18.1 Å². The van der Waals surface area contributed by atoms with E-state index in [4.69, 9.17) is 9.16 Å². The number of aliphatic hydroxyl groups is 1. The average molecular weight is 411 g/mol. The van der Waals surface area contributed by atoms with Crippen LogP contribution in [0.25, 0.3) is 0 Å². The second-order valence-electron chi connectivity index (χ2n) is 7.86. The summed E-state index contributed by atoms with van der Waals surface area (Å²) in [6, 6.07) is 0. The van der Waals surface area contributed by atoms with Gasteiger partial charge >= 0.3 is 5.97 Å². The average Bonchev–Trinajstić information content (AvgIpc) is 2.41.